The zero-order valence-corrected chi connectivity index (χ0v) is 16.9. The van der Waals surface area contributed by atoms with Crippen molar-refractivity contribution in [2.45, 2.75) is 6.18 Å². The molecule has 0 N–H and O–H groups in total. The van der Waals surface area contributed by atoms with Crippen LogP contribution in [-0.2, 0) is 9.63 Å². The average Bonchev–Trinajstić information content (AvgIpc) is 3.07. The Hall–Kier alpha value is -2.92. The number of carbonyl (C=O) groups excluding carboxylic acids is 2. The molecule has 0 bridgehead atoms. The Morgan fingerprint density at radius 1 is 1.23 bits per heavy atom. The highest BCUT2D eigenvalue weighted by Gasteiger charge is 2.44. The molecule has 1 amide bonds. The molecule has 1 aromatic heterocycles. The molecular formula is C18H16ClF4N3O4. The third-order valence-electron chi connectivity index (χ3n) is 3.80. The second-order valence-corrected chi connectivity index (χ2v) is 6.56. The predicted molar refractivity (Wildman–Crippen MR) is 98.7 cm³/mol. The number of hydroxylamine groups is 2. The average molecular weight is 450 g/mol. The normalized spacial score (nSPS) is 12.1. The Morgan fingerprint density at radius 2 is 1.87 bits per heavy atom. The number of nitrogens with zero attached hydrogens (tertiary/aromatic N) is 3. The lowest BCUT2D eigenvalue weighted by molar-refractivity contribution is -0.164. The van der Waals surface area contributed by atoms with Gasteiger partial charge in [-0.15, -0.1) is 0 Å². The highest BCUT2D eigenvalue weighted by Crippen LogP contribution is 2.38. The molecule has 2 rings (SSSR count). The summed E-state index contributed by atoms with van der Waals surface area (Å²) >= 11 is 6.01. The SMILES string of the molecule is CON(C)C(=O)c1c(-c2c(F)cccc2Cl)noc1/C(=C/N(C)C)C(=O)C(F)(F)F. The summed E-state index contributed by atoms with van der Waals surface area (Å²) in [6, 6.07) is 3.59. The molecule has 0 saturated carbocycles. The van der Waals surface area contributed by atoms with Gasteiger partial charge < -0.3 is 9.42 Å². The van der Waals surface area contributed by atoms with E-state index in [1.165, 1.54) is 26.2 Å². The molecule has 7 nitrogen and oxygen atoms in total. The van der Waals surface area contributed by atoms with Crippen LogP contribution in [0.25, 0.3) is 16.8 Å². The third-order valence-corrected chi connectivity index (χ3v) is 4.11. The number of amides is 1. The van der Waals surface area contributed by atoms with Crippen molar-refractivity contribution in [1.29, 1.82) is 0 Å². The number of hydrogen-bond donors (Lipinski definition) is 0. The number of alkyl halides is 3. The zero-order chi connectivity index (χ0) is 22.8. The smallest absolute Gasteiger partial charge is 0.383 e. The maximum atomic E-state index is 14.4. The number of Topliss-reactive ketones (excluding diaryl/α,β-unsaturated/α-hetero) is 1. The van der Waals surface area contributed by atoms with E-state index in [2.05, 4.69) is 5.16 Å². The van der Waals surface area contributed by atoms with E-state index >= 15 is 0 Å². The standard InChI is InChI=1S/C18H16ClF4N3O4/c1-25(2)8-9(16(27)18(21,22)23)15-13(17(28)26(3)29-4)14(24-30-15)12-10(19)6-5-7-11(12)20/h5-8H,1-4H3/b9-8-. The van der Waals surface area contributed by atoms with Gasteiger partial charge in [-0.25, -0.2) is 9.45 Å². The molecule has 30 heavy (non-hydrogen) atoms. The molecule has 2 aromatic rings. The van der Waals surface area contributed by atoms with E-state index in [-0.39, 0.29) is 10.6 Å². The Morgan fingerprint density at radius 3 is 2.37 bits per heavy atom. The largest absolute Gasteiger partial charge is 0.455 e. The van der Waals surface area contributed by atoms with Crippen molar-refractivity contribution in [3.05, 3.63) is 46.6 Å². The molecule has 0 fully saturated rings. The summed E-state index contributed by atoms with van der Waals surface area (Å²) in [5, 5.41) is 4.03. The number of allylic oxidation sites excluding steroid dienone is 1. The van der Waals surface area contributed by atoms with E-state index < -0.39 is 46.3 Å². The summed E-state index contributed by atoms with van der Waals surface area (Å²) in [4.78, 5) is 30.8. The summed E-state index contributed by atoms with van der Waals surface area (Å²) in [5.74, 6) is -5.04. The van der Waals surface area contributed by atoms with Crippen LogP contribution in [0.15, 0.2) is 28.9 Å². The number of hydrogen-bond acceptors (Lipinski definition) is 6. The Bertz CT molecular complexity index is 982. The number of carbonyl (C=O) groups is 2. The number of ketones is 1. The van der Waals surface area contributed by atoms with E-state index in [0.29, 0.717) is 5.06 Å². The van der Waals surface area contributed by atoms with Crippen LogP contribution >= 0.6 is 11.6 Å². The molecule has 0 aliphatic heterocycles. The first-order valence-electron chi connectivity index (χ1n) is 8.16. The molecule has 162 valence electrons. The van der Waals surface area contributed by atoms with Crippen LogP contribution in [0.5, 0.6) is 0 Å². The van der Waals surface area contributed by atoms with E-state index in [4.69, 9.17) is 21.0 Å². The fraction of sp³-hybridized carbons (Fsp3) is 0.278. The summed E-state index contributed by atoms with van der Waals surface area (Å²) in [6.45, 7) is 0. The molecule has 1 aromatic carbocycles. The number of aromatic nitrogens is 1. The van der Waals surface area contributed by atoms with E-state index in [9.17, 15) is 27.2 Å². The molecule has 1 heterocycles. The van der Waals surface area contributed by atoms with Gasteiger partial charge in [0.05, 0.1) is 23.3 Å². The maximum absolute atomic E-state index is 14.4. The quantitative estimate of drug-likeness (QED) is 0.379. The minimum Gasteiger partial charge on any atom is -0.383 e. The molecular weight excluding hydrogens is 434 g/mol. The number of rotatable bonds is 6. The van der Waals surface area contributed by atoms with E-state index in [0.717, 1.165) is 31.3 Å². The Balaban J connectivity index is 2.88. The van der Waals surface area contributed by atoms with Crippen molar-refractivity contribution in [2.24, 2.45) is 0 Å². The fourth-order valence-corrected chi connectivity index (χ4v) is 2.69. The van der Waals surface area contributed by atoms with Gasteiger partial charge in [0.2, 0.25) is 0 Å². The minimum atomic E-state index is -5.28. The molecule has 0 aliphatic rings. The van der Waals surface area contributed by atoms with Crippen molar-refractivity contribution in [1.82, 2.24) is 15.1 Å². The van der Waals surface area contributed by atoms with Crippen LogP contribution in [0, 0.1) is 5.82 Å². The molecule has 0 spiro atoms. The van der Waals surface area contributed by atoms with Gasteiger partial charge in [-0.05, 0) is 12.1 Å². The van der Waals surface area contributed by atoms with Gasteiger partial charge in [-0.3, -0.25) is 14.4 Å². The lowest BCUT2D eigenvalue weighted by Crippen LogP contribution is -2.29. The third kappa shape index (κ3) is 4.62. The van der Waals surface area contributed by atoms with E-state index in [1.54, 1.807) is 0 Å². The van der Waals surface area contributed by atoms with Gasteiger partial charge in [-0.1, -0.05) is 22.8 Å². The molecule has 12 heteroatoms. The summed E-state index contributed by atoms with van der Waals surface area (Å²) in [7, 11) is 5.00. The van der Waals surface area contributed by atoms with Gasteiger partial charge in [0.15, 0.2) is 5.76 Å². The Labute approximate surface area is 173 Å². The van der Waals surface area contributed by atoms with Gasteiger partial charge in [0.25, 0.3) is 11.7 Å². The topological polar surface area (TPSA) is 75.9 Å². The lowest BCUT2D eigenvalue weighted by Gasteiger charge is -2.16. The zero-order valence-electron chi connectivity index (χ0n) is 16.2. The molecule has 0 atom stereocenters. The monoisotopic (exact) mass is 449 g/mol. The summed E-state index contributed by atoms with van der Waals surface area (Å²) in [5.41, 5.74) is -2.50. The van der Waals surface area contributed by atoms with Gasteiger partial charge in [-0.2, -0.15) is 13.2 Å². The van der Waals surface area contributed by atoms with Gasteiger partial charge in [0.1, 0.15) is 17.1 Å². The molecule has 0 saturated heterocycles. The maximum Gasteiger partial charge on any atom is 0.455 e. The minimum absolute atomic E-state index is 0.177. The predicted octanol–water partition coefficient (Wildman–Crippen LogP) is 3.80. The van der Waals surface area contributed by atoms with Crippen LogP contribution in [0.2, 0.25) is 5.02 Å². The second-order valence-electron chi connectivity index (χ2n) is 6.15. The molecule has 0 radical (unpaired) electrons. The first-order chi connectivity index (χ1) is 13.9. The molecule has 0 aliphatic carbocycles. The highest BCUT2D eigenvalue weighted by atomic mass is 35.5. The van der Waals surface area contributed by atoms with Crippen LogP contribution < -0.4 is 0 Å². The van der Waals surface area contributed by atoms with Crippen LogP contribution in [0.3, 0.4) is 0 Å². The van der Waals surface area contributed by atoms with Crippen molar-refractivity contribution in [3.63, 3.8) is 0 Å². The van der Waals surface area contributed by atoms with Crippen LogP contribution in [0.4, 0.5) is 17.6 Å². The van der Waals surface area contributed by atoms with Gasteiger partial charge >= 0.3 is 6.18 Å². The van der Waals surface area contributed by atoms with Crippen molar-refractivity contribution in [3.8, 4) is 11.3 Å². The first-order valence-corrected chi connectivity index (χ1v) is 8.54. The van der Waals surface area contributed by atoms with Crippen molar-refractivity contribution >= 4 is 28.9 Å². The first kappa shape index (κ1) is 23.4. The number of halogens is 5. The summed E-state index contributed by atoms with van der Waals surface area (Å²) < 4.78 is 58.9. The van der Waals surface area contributed by atoms with Crippen LogP contribution in [0.1, 0.15) is 16.1 Å². The van der Waals surface area contributed by atoms with Crippen molar-refractivity contribution < 1.29 is 36.5 Å². The fourth-order valence-electron chi connectivity index (χ4n) is 2.44. The summed E-state index contributed by atoms with van der Waals surface area (Å²) in [6.07, 6.45) is -4.47. The Kier molecular flexibility index (Phi) is 6.88. The molecule has 0 unspecified atom stereocenters. The lowest BCUT2D eigenvalue weighted by atomic mass is 9.99. The van der Waals surface area contributed by atoms with Gasteiger partial charge in [0, 0.05) is 27.3 Å². The second kappa shape index (κ2) is 8.84. The van der Waals surface area contributed by atoms with Crippen molar-refractivity contribution in [2.75, 3.05) is 28.3 Å². The van der Waals surface area contributed by atoms with E-state index in [1.807, 2.05) is 0 Å². The van der Waals surface area contributed by atoms with Crippen LogP contribution in [-0.4, -0.2) is 61.2 Å². The highest BCUT2D eigenvalue weighted by molar-refractivity contribution is 6.33. The number of benzene rings is 1.